The summed E-state index contributed by atoms with van der Waals surface area (Å²) in [6.07, 6.45) is 4.26. The highest BCUT2D eigenvalue weighted by molar-refractivity contribution is 5.73. The van der Waals surface area contributed by atoms with Gasteiger partial charge in [-0.2, -0.15) is 0 Å². The highest BCUT2D eigenvalue weighted by Crippen LogP contribution is 2.01. The van der Waals surface area contributed by atoms with E-state index in [0.717, 1.165) is 12.8 Å². The monoisotopic (exact) mass is 160 g/mol. The first kappa shape index (κ1) is 10.4. The molecule has 0 saturated heterocycles. The van der Waals surface area contributed by atoms with Crippen molar-refractivity contribution in [1.82, 2.24) is 0 Å². The average Bonchev–Trinajstić information content (AvgIpc) is 2.03. The first-order chi connectivity index (χ1) is 5.22. The topological polar surface area (TPSA) is 53.9 Å². The predicted molar refractivity (Wildman–Crippen MR) is 42.8 cm³/mol. The van der Waals surface area contributed by atoms with Crippen LogP contribution < -0.4 is 5.73 Å². The van der Waals surface area contributed by atoms with Gasteiger partial charge < -0.3 is 10.5 Å². The van der Waals surface area contributed by atoms with Gasteiger partial charge in [-0.05, 0) is 6.42 Å². The minimum absolute atomic E-state index is 0.174. The van der Waals surface area contributed by atoms with Crippen molar-refractivity contribution in [1.29, 1.82) is 0 Å². The molecule has 0 radical (unpaired) electrons. The van der Waals surface area contributed by atoms with Crippen LogP contribution in [-0.4, -0.2) is 19.1 Å². The van der Waals surface area contributed by atoms with Crippen molar-refractivity contribution in [3.05, 3.63) is 0 Å². The van der Waals surface area contributed by atoms with Crippen molar-refractivity contribution >= 4 is 5.97 Å². The molecule has 66 valence electrons. The molecule has 0 aliphatic rings. The molecule has 0 aliphatic heterocycles. The third-order valence-corrected chi connectivity index (χ3v) is 1.69. The molecule has 0 bridgehead atoms. The summed E-state index contributed by atoms with van der Waals surface area (Å²) < 4.78 is 4.54. The van der Waals surface area contributed by atoms with Crippen LogP contribution in [0.25, 0.3) is 0 Å². The number of carbonyl (C=O) groups is 1. The average molecular weight is 160 g/mol. The molecule has 0 aromatic rings. The van der Waals surface area contributed by atoms with Crippen LogP contribution in [-0.2, 0) is 9.53 Å². The molecule has 0 saturated carbocycles. The summed E-state index contributed by atoms with van der Waals surface area (Å²) in [5.74, 6) is -0.193. The van der Waals surface area contributed by atoms with Crippen molar-refractivity contribution in [2.45, 2.75) is 38.6 Å². The van der Waals surface area contributed by atoms with Crippen LogP contribution >= 0.6 is 0 Å². The second kappa shape index (κ2) is 6.16. The predicted octanol–water partition coefficient (Wildman–Crippen LogP) is 0.350. The Morgan fingerprint density at radius 2 is 2.18 bits per heavy atom. The number of esters is 1. The Balaban J connectivity index is 3.36. The lowest BCUT2D eigenvalue weighted by molar-refractivity contribution is -0.409. The summed E-state index contributed by atoms with van der Waals surface area (Å²) in [6.45, 7) is 2.14. The van der Waals surface area contributed by atoms with E-state index in [2.05, 4.69) is 17.4 Å². The fourth-order valence-corrected chi connectivity index (χ4v) is 0.925. The molecular weight excluding hydrogens is 142 g/mol. The van der Waals surface area contributed by atoms with Crippen molar-refractivity contribution in [2.75, 3.05) is 7.11 Å². The van der Waals surface area contributed by atoms with Gasteiger partial charge in [-0.3, -0.25) is 0 Å². The number of methoxy groups -OCH3 is 1. The largest absolute Gasteiger partial charge is 0.465 e. The Hall–Kier alpha value is -0.570. The van der Waals surface area contributed by atoms with E-state index in [1.807, 2.05) is 0 Å². The Morgan fingerprint density at radius 1 is 1.55 bits per heavy atom. The van der Waals surface area contributed by atoms with Gasteiger partial charge in [-0.25, -0.2) is 4.79 Å². The SMILES string of the molecule is CCCCC[C@H]([NH3+])C(=O)OC. The summed E-state index contributed by atoms with van der Waals surface area (Å²) in [5.41, 5.74) is 3.71. The molecular formula is C8H18NO2+. The van der Waals surface area contributed by atoms with Gasteiger partial charge in [-0.15, -0.1) is 0 Å². The molecule has 0 aliphatic carbocycles. The molecule has 1 atom stereocenters. The first-order valence-corrected chi connectivity index (χ1v) is 4.13. The van der Waals surface area contributed by atoms with Crippen LogP contribution in [0.15, 0.2) is 0 Å². The van der Waals surface area contributed by atoms with Gasteiger partial charge in [0, 0.05) is 6.42 Å². The minimum Gasteiger partial charge on any atom is -0.465 e. The second-order valence-corrected chi connectivity index (χ2v) is 2.72. The molecule has 0 spiro atoms. The zero-order chi connectivity index (χ0) is 8.69. The van der Waals surface area contributed by atoms with Gasteiger partial charge in [0.1, 0.15) is 0 Å². The summed E-state index contributed by atoms with van der Waals surface area (Å²) in [7, 11) is 1.40. The maximum Gasteiger partial charge on any atom is 0.364 e. The number of hydrogen-bond acceptors (Lipinski definition) is 2. The van der Waals surface area contributed by atoms with Gasteiger partial charge >= 0.3 is 5.97 Å². The van der Waals surface area contributed by atoms with Crippen LogP contribution in [0.5, 0.6) is 0 Å². The Kier molecular flexibility index (Phi) is 5.84. The van der Waals surface area contributed by atoms with Gasteiger partial charge in [0.15, 0.2) is 6.04 Å². The zero-order valence-electron chi connectivity index (χ0n) is 7.43. The quantitative estimate of drug-likeness (QED) is 0.466. The van der Waals surface area contributed by atoms with Crippen LogP contribution in [0.2, 0.25) is 0 Å². The van der Waals surface area contributed by atoms with E-state index >= 15 is 0 Å². The van der Waals surface area contributed by atoms with Crippen molar-refractivity contribution in [2.24, 2.45) is 0 Å². The number of quaternary nitrogens is 1. The number of unbranched alkanes of at least 4 members (excludes halogenated alkanes) is 2. The lowest BCUT2D eigenvalue weighted by Crippen LogP contribution is -2.65. The first-order valence-electron chi connectivity index (χ1n) is 4.13. The fraction of sp³-hybridized carbons (Fsp3) is 0.875. The summed E-state index contributed by atoms with van der Waals surface area (Å²) >= 11 is 0. The van der Waals surface area contributed by atoms with Crippen LogP contribution in [0.1, 0.15) is 32.6 Å². The van der Waals surface area contributed by atoms with Gasteiger partial charge in [0.2, 0.25) is 0 Å². The third kappa shape index (κ3) is 4.79. The summed E-state index contributed by atoms with van der Waals surface area (Å²) in [6, 6.07) is -0.174. The molecule has 11 heavy (non-hydrogen) atoms. The third-order valence-electron chi connectivity index (χ3n) is 1.69. The lowest BCUT2D eigenvalue weighted by atomic mass is 10.1. The lowest BCUT2D eigenvalue weighted by Gasteiger charge is -2.04. The van der Waals surface area contributed by atoms with E-state index in [-0.39, 0.29) is 12.0 Å². The number of carbonyl (C=O) groups excluding carboxylic acids is 1. The van der Waals surface area contributed by atoms with Crippen LogP contribution in [0, 0.1) is 0 Å². The number of rotatable bonds is 5. The van der Waals surface area contributed by atoms with Crippen molar-refractivity contribution in [3.63, 3.8) is 0 Å². The van der Waals surface area contributed by atoms with Gasteiger partial charge in [-0.1, -0.05) is 19.8 Å². The maximum atomic E-state index is 10.8. The van der Waals surface area contributed by atoms with E-state index in [4.69, 9.17) is 0 Å². The number of hydrogen-bond donors (Lipinski definition) is 1. The second-order valence-electron chi connectivity index (χ2n) is 2.72. The molecule has 0 aromatic heterocycles. The maximum absolute atomic E-state index is 10.8. The minimum atomic E-state index is -0.193. The van der Waals surface area contributed by atoms with Crippen molar-refractivity contribution in [3.8, 4) is 0 Å². The molecule has 0 aromatic carbocycles. The zero-order valence-corrected chi connectivity index (χ0v) is 7.43. The summed E-state index contributed by atoms with van der Waals surface area (Å²) in [5, 5.41) is 0. The molecule has 3 N–H and O–H groups in total. The molecule has 0 fully saturated rings. The highest BCUT2D eigenvalue weighted by atomic mass is 16.5. The normalized spacial score (nSPS) is 12.6. The Morgan fingerprint density at radius 3 is 2.64 bits per heavy atom. The van der Waals surface area contributed by atoms with E-state index in [1.165, 1.54) is 20.0 Å². The Labute approximate surface area is 67.9 Å². The fourth-order valence-electron chi connectivity index (χ4n) is 0.925. The smallest absolute Gasteiger partial charge is 0.364 e. The van der Waals surface area contributed by atoms with Crippen LogP contribution in [0.4, 0.5) is 0 Å². The van der Waals surface area contributed by atoms with E-state index in [9.17, 15) is 4.79 Å². The molecule has 0 amide bonds. The highest BCUT2D eigenvalue weighted by Gasteiger charge is 2.15. The molecule has 0 heterocycles. The Bertz CT molecular complexity index is 115. The molecule has 0 rings (SSSR count). The van der Waals surface area contributed by atoms with E-state index in [0.29, 0.717) is 0 Å². The number of ether oxygens (including phenoxy) is 1. The van der Waals surface area contributed by atoms with Gasteiger partial charge in [0.25, 0.3) is 0 Å². The molecule has 3 heteroatoms. The van der Waals surface area contributed by atoms with E-state index in [1.54, 1.807) is 0 Å². The summed E-state index contributed by atoms with van der Waals surface area (Å²) in [4.78, 5) is 10.8. The molecule has 0 unspecified atom stereocenters. The van der Waals surface area contributed by atoms with E-state index < -0.39 is 0 Å². The molecule has 3 nitrogen and oxygen atoms in total. The van der Waals surface area contributed by atoms with Crippen LogP contribution in [0.3, 0.4) is 0 Å². The standard InChI is InChI=1S/C8H17NO2/c1-3-4-5-6-7(9)8(10)11-2/h7H,3-6,9H2,1-2H3/p+1/t7-/m0/s1. The van der Waals surface area contributed by atoms with Gasteiger partial charge in [0.05, 0.1) is 7.11 Å². The van der Waals surface area contributed by atoms with Crippen molar-refractivity contribution < 1.29 is 15.3 Å².